The monoisotopic (exact) mass is 255 g/mol. The maximum atomic E-state index is 2.67. The molecule has 0 rings (SSSR count). The van der Waals surface area contributed by atoms with E-state index in [9.17, 15) is 0 Å². The van der Waals surface area contributed by atoms with Crippen LogP contribution in [-0.2, 0) is 0 Å². The Bertz CT molecular complexity index is 178. The van der Waals surface area contributed by atoms with Crippen molar-refractivity contribution >= 4 is 0 Å². The van der Waals surface area contributed by atoms with Gasteiger partial charge in [-0.1, -0.05) is 60.3 Å². The average Bonchev–Trinajstić information content (AvgIpc) is 2.33. The standard InChI is InChI=1S/C17H37N/c1-7-10-12-15(4)13-16(5)14-18(9-3)17(6)11-8-2/h15-17H,7-14H2,1-6H3. The molecule has 1 nitrogen and oxygen atoms in total. The van der Waals surface area contributed by atoms with Gasteiger partial charge in [-0.3, -0.25) is 0 Å². The SMILES string of the molecule is CCCCC(C)CC(C)CN(CC)C(C)CCC. The van der Waals surface area contributed by atoms with Gasteiger partial charge in [0.1, 0.15) is 0 Å². The van der Waals surface area contributed by atoms with Crippen molar-refractivity contribution in [3.8, 4) is 0 Å². The fraction of sp³-hybridized carbons (Fsp3) is 1.00. The van der Waals surface area contributed by atoms with Crippen LogP contribution in [0.2, 0.25) is 0 Å². The van der Waals surface area contributed by atoms with E-state index < -0.39 is 0 Å². The molecule has 0 N–H and O–H groups in total. The van der Waals surface area contributed by atoms with Crippen LogP contribution in [0, 0.1) is 11.8 Å². The minimum Gasteiger partial charge on any atom is -0.301 e. The van der Waals surface area contributed by atoms with Gasteiger partial charge in [0.05, 0.1) is 0 Å². The molecule has 0 heterocycles. The van der Waals surface area contributed by atoms with Crippen molar-refractivity contribution in [1.82, 2.24) is 4.90 Å². The van der Waals surface area contributed by atoms with Crippen LogP contribution in [0.5, 0.6) is 0 Å². The highest BCUT2D eigenvalue weighted by Gasteiger charge is 2.16. The molecule has 0 bridgehead atoms. The second kappa shape index (κ2) is 10.8. The molecule has 0 aromatic carbocycles. The van der Waals surface area contributed by atoms with Gasteiger partial charge in [0, 0.05) is 12.6 Å². The van der Waals surface area contributed by atoms with Crippen LogP contribution in [0.25, 0.3) is 0 Å². The Kier molecular flexibility index (Phi) is 10.8. The zero-order valence-corrected chi connectivity index (χ0v) is 13.8. The lowest BCUT2D eigenvalue weighted by molar-refractivity contribution is 0.170. The lowest BCUT2D eigenvalue weighted by Gasteiger charge is -2.31. The molecule has 0 saturated heterocycles. The van der Waals surface area contributed by atoms with Crippen LogP contribution in [0.1, 0.15) is 80.1 Å². The maximum Gasteiger partial charge on any atom is 0.00668 e. The summed E-state index contributed by atoms with van der Waals surface area (Å²) in [5, 5.41) is 0. The molecule has 0 aromatic heterocycles. The zero-order chi connectivity index (χ0) is 14.0. The molecule has 110 valence electrons. The van der Waals surface area contributed by atoms with Crippen molar-refractivity contribution in [1.29, 1.82) is 0 Å². The fourth-order valence-corrected chi connectivity index (χ4v) is 3.05. The van der Waals surface area contributed by atoms with Gasteiger partial charge < -0.3 is 4.90 Å². The average molecular weight is 255 g/mol. The molecule has 0 spiro atoms. The summed E-state index contributed by atoms with van der Waals surface area (Å²) in [6, 6.07) is 0.758. The van der Waals surface area contributed by atoms with E-state index in [0.29, 0.717) is 0 Å². The van der Waals surface area contributed by atoms with Gasteiger partial charge >= 0.3 is 0 Å². The van der Waals surface area contributed by atoms with E-state index in [1.807, 2.05) is 0 Å². The number of rotatable bonds is 11. The first-order valence-corrected chi connectivity index (χ1v) is 8.29. The summed E-state index contributed by atoms with van der Waals surface area (Å²) in [5.74, 6) is 1.75. The predicted molar refractivity (Wildman–Crippen MR) is 84.1 cm³/mol. The van der Waals surface area contributed by atoms with E-state index in [1.54, 1.807) is 0 Å². The highest BCUT2D eigenvalue weighted by atomic mass is 15.1. The van der Waals surface area contributed by atoms with Crippen molar-refractivity contribution in [2.45, 2.75) is 86.1 Å². The van der Waals surface area contributed by atoms with Gasteiger partial charge in [0.15, 0.2) is 0 Å². The molecule has 3 atom stereocenters. The Morgan fingerprint density at radius 3 is 2.00 bits per heavy atom. The molecule has 18 heavy (non-hydrogen) atoms. The van der Waals surface area contributed by atoms with Crippen LogP contribution in [0.3, 0.4) is 0 Å². The molecular weight excluding hydrogens is 218 g/mol. The fourth-order valence-electron chi connectivity index (χ4n) is 3.05. The quantitative estimate of drug-likeness (QED) is 0.481. The Morgan fingerprint density at radius 2 is 1.50 bits per heavy atom. The van der Waals surface area contributed by atoms with Gasteiger partial charge in [-0.15, -0.1) is 0 Å². The molecule has 3 unspecified atom stereocenters. The molecular formula is C17H37N. The highest BCUT2D eigenvalue weighted by molar-refractivity contribution is 4.70. The predicted octanol–water partition coefficient (Wildman–Crippen LogP) is 5.35. The van der Waals surface area contributed by atoms with E-state index >= 15 is 0 Å². The largest absolute Gasteiger partial charge is 0.301 e. The summed E-state index contributed by atoms with van der Waals surface area (Å²) >= 11 is 0. The van der Waals surface area contributed by atoms with E-state index in [4.69, 9.17) is 0 Å². The second-order valence-electron chi connectivity index (χ2n) is 6.31. The van der Waals surface area contributed by atoms with Crippen molar-refractivity contribution < 1.29 is 0 Å². The Labute approximate surface area is 116 Å². The summed E-state index contributed by atoms with van der Waals surface area (Å²) in [6.07, 6.45) is 8.20. The van der Waals surface area contributed by atoms with Crippen LogP contribution < -0.4 is 0 Å². The molecule has 0 aromatic rings. The Hall–Kier alpha value is -0.0400. The number of hydrogen-bond acceptors (Lipinski definition) is 1. The third-order valence-electron chi connectivity index (χ3n) is 4.14. The molecule has 0 aliphatic heterocycles. The first-order chi connectivity index (χ1) is 8.54. The van der Waals surface area contributed by atoms with Crippen LogP contribution in [0.4, 0.5) is 0 Å². The smallest absolute Gasteiger partial charge is 0.00668 e. The van der Waals surface area contributed by atoms with Crippen molar-refractivity contribution in [3.05, 3.63) is 0 Å². The minimum atomic E-state index is 0.758. The number of hydrogen-bond donors (Lipinski definition) is 0. The topological polar surface area (TPSA) is 3.24 Å². The van der Waals surface area contributed by atoms with Gasteiger partial charge in [0.2, 0.25) is 0 Å². The third kappa shape index (κ3) is 8.13. The summed E-state index contributed by atoms with van der Waals surface area (Å²) in [5.41, 5.74) is 0. The van der Waals surface area contributed by atoms with Crippen molar-refractivity contribution in [3.63, 3.8) is 0 Å². The van der Waals surface area contributed by atoms with Gasteiger partial charge in [0.25, 0.3) is 0 Å². The summed E-state index contributed by atoms with van der Waals surface area (Å²) < 4.78 is 0. The molecule has 0 saturated carbocycles. The molecule has 0 fully saturated rings. The number of nitrogens with zero attached hydrogens (tertiary/aromatic N) is 1. The second-order valence-corrected chi connectivity index (χ2v) is 6.31. The number of unbranched alkanes of at least 4 members (excludes halogenated alkanes) is 1. The Morgan fingerprint density at radius 1 is 0.833 bits per heavy atom. The van der Waals surface area contributed by atoms with E-state index in [0.717, 1.165) is 17.9 Å². The molecule has 0 amide bonds. The summed E-state index contributed by atoms with van der Waals surface area (Å²) in [7, 11) is 0. The first-order valence-electron chi connectivity index (χ1n) is 8.29. The lowest BCUT2D eigenvalue weighted by atomic mass is 9.92. The zero-order valence-electron chi connectivity index (χ0n) is 13.8. The molecule has 1 heteroatoms. The van der Waals surface area contributed by atoms with Crippen LogP contribution >= 0.6 is 0 Å². The van der Waals surface area contributed by atoms with E-state index in [-0.39, 0.29) is 0 Å². The third-order valence-corrected chi connectivity index (χ3v) is 4.14. The molecule has 0 aliphatic rings. The molecule has 0 aliphatic carbocycles. The van der Waals surface area contributed by atoms with Crippen molar-refractivity contribution in [2.75, 3.05) is 13.1 Å². The minimum absolute atomic E-state index is 0.758. The van der Waals surface area contributed by atoms with Gasteiger partial charge in [-0.2, -0.15) is 0 Å². The van der Waals surface area contributed by atoms with E-state index in [2.05, 4.69) is 46.4 Å². The lowest BCUT2D eigenvalue weighted by Crippen LogP contribution is -2.36. The Balaban J connectivity index is 3.98. The normalized spacial score (nSPS) is 16.8. The summed E-state index contributed by atoms with van der Waals surface area (Å²) in [4.78, 5) is 2.67. The summed E-state index contributed by atoms with van der Waals surface area (Å²) in [6.45, 7) is 16.6. The first kappa shape index (κ1) is 18.0. The van der Waals surface area contributed by atoms with Gasteiger partial charge in [-0.25, -0.2) is 0 Å². The van der Waals surface area contributed by atoms with Crippen LogP contribution in [-0.4, -0.2) is 24.0 Å². The van der Waals surface area contributed by atoms with Gasteiger partial charge in [-0.05, 0) is 38.1 Å². The molecule has 0 radical (unpaired) electrons. The van der Waals surface area contributed by atoms with Crippen molar-refractivity contribution in [2.24, 2.45) is 11.8 Å². The highest BCUT2D eigenvalue weighted by Crippen LogP contribution is 2.19. The van der Waals surface area contributed by atoms with E-state index in [1.165, 1.54) is 51.6 Å². The maximum absolute atomic E-state index is 2.67. The van der Waals surface area contributed by atoms with Crippen LogP contribution in [0.15, 0.2) is 0 Å².